The van der Waals surface area contributed by atoms with Gasteiger partial charge >= 0.3 is 6.09 Å². The van der Waals surface area contributed by atoms with Gasteiger partial charge in [-0.05, 0) is 30.2 Å². The number of rotatable bonds is 4. The Labute approximate surface area is 159 Å². The van der Waals surface area contributed by atoms with E-state index in [9.17, 15) is 9.59 Å². The second-order valence-corrected chi connectivity index (χ2v) is 6.26. The van der Waals surface area contributed by atoms with Gasteiger partial charge in [-0.25, -0.2) is 4.79 Å². The molecule has 1 fully saturated rings. The molecule has 0 radical (unpaired) electrons. The summed E-state index contributed by atoms with van der Waals surface area (Å²) < 4.78 is 10.4. The lowest BCUT2D eigenvalue weighted by molar-refractivity contribution is 0.0568. The molecule has 0 bridgehead atoms. The Bertz CT molecular complexity index is 799. The number of ether oxygens (including phenoxy) is 2. The van der Waals surface area contributed by atoms with Crippen molar-refractivity contribution in [2.45, 2.75) is 6.92 Å². The molecule has 0 aliphatic carbocycles. The van der Waals surface area contributed by atoms with Crippen molar-refractivity contribution in [1.82, 2.24) is 9.80 Å². The van der Waals surface area contributed by atoms with Crippen LogP contribution in [-0.2, 0) is 4.74 Å². The minimum absolute atomic E-state index is 0.0897. The van der Waals surface area contributed by atoms with E-state index < -0.39 is 0 Å². The smallest absolute Gasteiger partial charge is 0.409 e. The Kier molecular flexibility index (Phi) is 5.96. The van der Waals surface area contributed by atoms with Crippen LogP contribution in [0.15, 0.2) is 48.5 Å². The molecule has 1 aliphatic heterocycles. The first-order chi connectivity index (χ1) is 13.1. The summed E-state index contributed by atoms with van der Waals surface area (Å²) in [5.74, 6) is 0.459. The molecule has 0 saturated carbocycles. The van der Waals surface area contributed by atoms with Crippen LogP contribution < -0.4 is 4.74 Å². The molecule has 6 heteroatoms. The van der Waals surface area contributed by atoms with Gasteiger partial charge in [0.1, 0.15) is 5.75 Å². The average Bonchev–Trinajstić information content (AvgIpc) is 2.73. The van der Waals surface area contributed by atoms with Gasteiger partial charge in [0.05, 0.1) is 19.3 Å². The van der Waals surface area contributed by atoms with Crippen LogP contribution >= 0.6 is 0 Å². The standard InChI is InChI=1S/C21H24N2O4/c1-3-27-21(25)23-13-11-22(12-14-23)20(24)18-15-17(9-10-19(18)26-2)16-7-5-4-6-8-16/h4-10,15H,3,11-14H2,1-2H3. The van der Waals surface area contributed by atoms with Crippen molar-refractivity contribution in [2.75, 3.05) is 39.9 Å². The molecule has 1 heterocycles. The summed E-state index contributed by atoms with van der Waals surface area (Å²) in [6.45, 7) is 3.99. The van der Waals surface area contributed by atoms with E-state index in [0.717, 1.165) is 11.1 Å². The molecule has 0 atom stereocenters. The van der Waals surface area contributed by atoms with E-state index >= 15 is 0 Å². The summed E-state index contributed by atoms with van der Waals surface area (Å²) in [5, 5.41) is 0. The SMILES string of the molecule is CCOC(=O)N1CCN(C(=O)c2cc(-c3ccccc3)ccc2OC)CC1. The van der Waals surface area contributed by atoms with E-state index in [1.54, 1.807) is 23.8 Å². The number of methoxy groups -OCH3 is 1. The number of carbonyl (C=O) groups excluding carboxylic acids is 2. The van der Waals surface area contributed by atoms with Crippen molar-refractivity contribution < 1.29 is 19.1 Å². The van der Waals surface area contributed by atoms with Gasteiger partial charge in [0.25, 0.3) is 5.91 Å². The monoisotopic (exact) mass is 368 g/mol. The third-order valence-electron chi connectivity index (χ3n) is 4.63. The molecule has 6 nitrogen and oxygen atoms in total. The quantitative estimate of drug-likeness (QED) is 0.831. The molecule has 2 aromatic rings. The Morgan fingerprint density at radius 3 is 2.22 bits per heavy atom. The van der Waals surface area contributed by atoms with E-state index in [2.05, 4.69) is 0 Å². The largest absolute Gasteiger partial charge is 0.496 e. The van der Waals surface area contributed by atoms with Gasteiger partial charge in [0.2, 0.25) is 0 Å². The third kappa shape index (κ3) is 4.22. The second kappa shape index (κ2) is 8.58. The Hall–Kier alpha value is -3.02. The number of hydrogen-bond donors (Lipinski definition) is 0. The highest BCUT2D eigenvalue weighted by molar-refractivity contribution is 5.98. The summed E-state index contributed by atoms with van der Waals surface area (Å²) in [5.41, 5.74) is 2.54. The summed E-state index contributed by atoms with van der Waals surface area (Å²) in [4.78, 5) is 28.3. The molecule has 0 N–H and O–H groups in total. The van der Waals surface area contributed by atoms with Crippen LogP contribution in [0.3, 0.4) is 0 Å². The number of nitrogens with zero attached hydrogens (tertiary/aromatic N) is 2. The van der Waals surface area contributed by atoms with E-state index in [1.165, 1.54) is 0 Å². The third-order valence-corrected chi connectivity index (χ3v) is 4.63. The molecule has 2 amide bonds. The first-order valence-electron chi connectivity index (χ1n) is 9.08. The predicted octanol–water partition coefficient (Wildman–Crippen LogP) is 3.28. The van der Waals surface area contributed by atoms with Crippen molar-refractivity contribution in [3.05, 3.63) is 54.1 Å². The predicted molar refractivity (Wildman–Crippen MR) is 103 cm³/mol. The van der Waals surface area contributed by atoms with Crippen molar-refractivity contribution in [2.24, 2.45) is 0 Å². The Morgan fingerprint density at radius 2 is 1.59 bits per heavy atom. The molecule has 0 unspecified atom stereocenters. The van der Waals surface area contributed by atoms with Crippen LogP contribution in [-0.4, -0.2) is 61.7 Å². The lowest BCUT2D eigenvalue weighted by Crippen LogP contribution is -2.50. The van der Waals surface area contributed by atoms with Gasteiger partial charge in [-0.1, -0.05) is 36.4 Å². The average molecular weight is 368 g/mol. The number of hydrogen-bond acceptors (Lipinski definition) is 4. The van der Waals surface area contributed by atoms with Crippen LogP contribution in [0, 0.1) is 0 Å². The van der Waals surface area contributed by atoms with Crippen molar-refractivity contribution in [3.63, 3.8) is 0 Å². The van der Waals surface area contributed by atoms with E-state index in [-0.39, 0.29) is 12.0 Å². The fraction of sp³-hybridized carbons (Fsp3) is 0.333. The van der Waals surface area contributed by atoms with Crippen LogP contribution in [0.2, 0.25) is 0 Å². The zero-order valence-corrected chi connectivity index (χ0v) is 15.7. The first-order valence-corrected chi connectivity index (χ1v) is 9.08. The molecule has 3 rings (SSSR count). The van der Waals surface area contributed by atoms with Crippen LogP contribution in [0.25, 0.3) is 11.1 Å². The highest BCUT2D eigenvalue weighted by Crippen LogP contribution is 2.28. The van der Waals surface area contributed by atoms with Gasteiger partial charge < -0.3 is 19.3 Å². The number of benzene rings is 2. The maximum absolute atomic E-state index is 13.1. The fourth-order valence-electron chi connectivity index (χ4n) is 3.16. The van der Waals surface area contributed by atoms with E-state index in [1.807, 2.05) is 48.5 Å². The molecule has 0 spiro atoms. The molecular weight excluding hydrogens is 344 g/mol. The molecule has 1 aliphatic rings. The number of piperazine rings is 1. The normalized spacial score (nSPS) is 14.0. The Balaban J connectivity index is 1.77. The minimum atomic E-state index is -0.326. The minimum Gasteiger partial charge on any atom is -0.496 e. The molecule has 27 heavy (non-hydrogen) atoms. The highest BCUT2D eigenvalue weighted by atomic mass is 16.6. The highest BCUT2D eigenvalue weighted by Gasteiger charge is 2.27. The summed E-state index contributed by atoms with van der Waals surface area (Å²) in [6.07, 6.45) is -0.326. The molecular formula is C21H24N2O4. The van der Waals surface area contributed by atoms with Crippen molar-refractivity contribution >= 4 is 12.0 Å². The van der Waals surface area contributed by atoms with Crippen LogP contribution in [0.1, 0.15) is 17.3 Å². The van der Waals surface area contributed by atoms with E-state index in [4.69, 9.17) is 9.47 Å². The zero-order chi connectivity index (χ0) is 19.2. The second-order valence-electron chi connectivity index (χ2n) is 6.26. The van der Waals surface area contributed by atoms with Crippen molar-refractivity contribution in [3.8, 4) is 16.9 Å². The summed E-state index contributed by atoms with van der Waals surface area (Å²) >= 11 is 0. The maximum Gasteiger partial charge on any atom is 0.409 e. The maximum atomic E-state index is 13.1. The lowest BCUT2D eigenvalue weighted by atomic mass is 10.0. The lowest BCUT2D eigenvalue weighted by Gasteiger charge is -2.34. The van der Waals surface area contributed by atoms with E-state index in [0.29, 0.717) is 44.1 Å². The Morgan fingerprint density at radius 1 is 0.926 bits per heavy atom. The molecule has 142 valence electrons. The number of carbonyl (C=O) groups is 2. The van der Waals surface area contributed by atoms with Gasteiger partial charge in [0, 0.05) is 26.2 Å². The van der Waals surface area contributed by atoms with Gasteiger partial charge in [-0.15, -0.1) is 0 Å². The molecule has 0 aromatic heterocycles. The zero-order valence-electron chi connectivity index (χ0n) is 15.7. The van der Waals surface area contributed by atoms with Gasteiger partial charge in [-0.2, -0.15) is 0 Å². The fourth-order valence-corrected chi connectivity index (χ4v) is 3.16. The van der Waals surface area contributed by atoms with Crippen LogP contribution in [0.5, 0.6) is 5.75 Å². The first kappa shape index (κ1) is 18.8. The van der Waals surface area contributed by atoms with Gasteiger partial charge in [-0.3, -0.25) is 4.79 Å². The summed E-state index contributed by atoms with van der Waals surface area (Å²) in [6, 6.07) is 15.6. The topological polar surface area (TPSA) is 59.1 Å². The number of amides is 2. The molecule has 1 saturated heterocycles. The van der Waals surface area contributed by atoms with Crippen molar-refractivity contribution in [1.29, 1.82) is 0 Å². The summed E-state index contributed by atoms with van der Waals surface area (Å²) in [7, 11) is 1.56. The molecule has 2 aromatic carbocycles. The van der Waals surface area contributed by atoms with Crippen LogP contribution in [0.4, 0.5) is 4.79 Å². The van der Waals surface area contributed by atoms with Gasteiger partial charge in [0.15, 0.2) is 0 Å².